The van der Waals surface area contributed by atoms with Gasteiger partial charge in [0.1, 0.15) is 58.4 Å². The summed E-state index contributed by atoms with van der Waals surface area (Å²) >= 11 is 0. The molecule has 0 heterocycles. The zero-order chi connectivity index (χ0) is 64.9. The summed E-state index contributed by atoms with van der Waals surface area (Å²) in [7, 11) is 2.43. The Morgan fingerprint density at radius 3 is 0.766 bits per heavy atom. The minimum Gasteiger partial charge on any atom is -0.485 e. The van der Waals surface area contributed by atoms with Gasteiger partial charge in [-0.2, -0.15) is 0 Å². The van der Waals surface area contributed by atoms with Crippen molar-refractivity contribution in [1.29, 1.82) is 0 Å². The van der Waals surface area contributed by atoms with Gasteiger partial charge in [-0.3, -0.25) is 0 Å². The van der Waals surface area contributed by atoms with Crippen molar-refractivity contribution in [3.05, 3.63) is 322 Å². The lowest BCUT2D eigenvalue weighted by Gasteiger charge is -2.27. The topological polar surface area (TPSA) is 173 Å². The average molecular weight is 1260 g/mol. The van der Waals surface area contributed by atoms with E-state index in [0.717, 1.165) is 27.8 Å². The molecule has 0 saturated heterocycles. The maximum Gasteiger partial charge on any atom is 0.339 e. The molecule has 11 rings (SSSR count). The Morgan fingerprint density at radius 2 is 0.489 bits per heavy atom. The fourth-order valence-corrected chi connectivity index (χ4v) is 10.2. The van der Waals surface area contributed by atoms with Crippen LogP contribution in [0.4, 0.5) is 0 Å². The fourth-order valence-electron chi connectivity index (χ4n) is 10.2. The summed E-state index contributed by atoms with van der Waals surface area (Å²) in [6.45, 7) is -0.565. The van der Waals surface area contributed by atoms with Crippen molar-refractivity contribution in [3.8, 4) is 68.6 Å². The van der Waals surface area contributed by atoms with Crippen LogP contribution in [0.2, 0.25) is 0 Å². The van der Waals surface area contributed by atoms with E-state index in [1.807, 2.05) is 243 Å². The minimum absolute atomic E-state index is 0.00614. The Balaban J connectivity index is 1.22. The van der Waals surface area contributed by atoms with E-state index in [2.05, 4.69) is 0 Å². The van der Waals surface area contributed by atoms with E-state index in [4.69, 9.17) is 52.1 Å². The smallest absolute Gasteiger partial charge is 0.339 e. The highest BCUT2D eigenvalue weighted by molar-refractivity contribution is 6.09. The Bertz CT molecular complexity index is 4290. The molecule has 472 valence electrons. The van der Waals surface area contributed by atoms with E-state index in [9.17, 15) is 9.90 Å². The number of carboxylic acid groups (broad SMARTS) is 1. The highest BCUT2D eigenvalue weighted by atomic mass is 16.6. The van der Waals surface area contributed by atoms with Gasteiger partial charge in [0.05, 0.1) is 25.3 Å². The van der Waals surface area contributed by atoms with E-state index in [0.29, 0.717) is 16.7 Å². The van der Waals surface area contributed by atoms with Gasteiger partial charge >= 0.3 is 17.9 Å². The normalized spacial score (nSPS) is 10.7. The van der Waals surface area contributed by atoms with Crippen LogP contribution in [0.3, 0.4) is 0 Å². The molecule has 1 N–H and O–H groups in total. The lowest BCUT2D eigenvalue weighted by Crippen LogP contribution is -2.15. The molecule has 0 aromatic heterocycles. The van der Waals surface area contributed by atoms with Gasteiger partial charge in [-0.15, -0.1) is 0 Å². The lowest BCUT2D eigenvalue weighted by atomic mass is 9.91. The van der Waals surface area contributed by atoms with Crippen LogP contribution in [-0.2, 0) is 62.3 Å². The molecule has 0 aliphatic heterocycles. The van der Waals surface area contributed by atoms with Crippen molar-refractivity contribution < 1.29 is 71.6 Å². The Hall–Kier alpha value is -12.0. The number of hydrogen-bond donors (Lipinski definition) is 1. The van der Waals surface area contributed by atoms with Crippen molar-refractivity contribution in [2.45, 2.75) is 52.9 Å². The van der Waals surface area contributed by atoms with Crippen LogP contribution in [0.15, 0.2) is 261 Å². The Morgan fingerprint density at radius 1 is 0.266 bits per heavy atom. The van der Waals surface area contributed by atoms with E-state index < -0.39 is 23.5 Å². The first-order chi connectivity index (χ1) is 46.2. The fraction of sp³-hybridized carbons (Fsp3) is 0.127. The number of carbonyl (C=O) groups excluding carboxylic acids is 2. The first kappa shape index (κ1) is 63.6. The monoisotopic (exact) mass is 1250 g/mol. The largest absolute Gasteiger partial charge is 0.485 e. The van der Waals surface area contributed by atoms with E-state index in [-0.39, 0.29) is 133 Å². The molecule has 0 amide bonds. The van der Waals surface area contributed by atoms with Gasteiger partial charge < -0.3 is 57.2 Å². The number of methoxy groups -OCH3 is 2. The highest BCUT2D eigenvalue weighted by Crippen LogP contribution is 2.58. The second-order valence-corrected chi connectivity index (χ2v) is 21.4. The molecule has 94 heavy (non-hydrogen) atoms. The molecule has 0 atom stereocenters. The lowest BCUT2D eigenvalue weighted by molar-refractivity contribution is 0.0588. The Labute approximate surface area is 544 Å². The van der Waals surface area contributed by atoms with Gasteiger partial charge in [-0.1, -0.05) is 243 Å². The minimum atomic E-state index is -1.45. The quantitative estimate of drug-likeness (QED) is 0.0421. The Kier molecular flexibility index (Phi) is 21.4. The summed E-state index contributed by atoms with van der Waals surface area (Å²) in [5.74, 6) is -4.40. The standard InChI is InChI=1S/C79H66O15/c1-84-78(82)62-43-65(86-46-54-27-11-3-12-28-54)71(88-48-56-31-15-5-16-32-56)74(91-51-59-37-21-8-22-38-59)68(62)69-63(79(83)85-2)44-67(73(90-50-58-35-19-7-20-36-58)75(69)92-52-60-39-23-9-24-40-60)94-70-64(77(80)81)45-66(87-47-55-29-13-4-14-30-55)72(89-49-57-33-17-6-18-34-57)76(70)93-53-61-41-25-10-26-42-61/h3-45H,46-53H2,1-2H3,(H,80,81). The molecule has 0 radical (unpaired) electrons. The van der Waals surface area contributed by atoms with Crippen molar-refractivity contribution >= 4 is 17.9 Å². The zero-order valence-corrected chi connectivity index (χ0v) is 51.6. The van der Waals surface area contributed by atoms with Gasteiger partial charge in [0.2, 0.25) is 23.0 Å². The summed E-state index contributed by atoms with van der Waals surface area (Å²) in [5.41, 5.74) is 4.91. The van der Waals surface area contributed by atoms with Gasteiger partial charge in [0.25, 0.3) is 0 Å². The molecule has 0 fully saturated rings. The summed E-state index contributed by atoms with van der Waals surface area (Å²) in [6, 6.07) is 78.9. The SMILES string of the molecule is COC(=O)c1cc(OCc2ccccc2)c(OCc2ccccc2)c(OCc2ccccc2)c1-c1c(C(=O)OC)cc(Oc2c(C(=O)O)cc(OCc3ccccc3)c(OCc3ccccc3)c2OCc2ccccc2)c(OCc2ccccc2)c1OCc1ccccc1. The molecular weight excluding hydrogens is 1190 g/mol. The van der Waals surface area contributed by atoms with Gasteiger partial charge in [0, 0.05) is 23.3 Å². The number of aromatic carboxylic acids is 1. The van der Waals surface area contributed by atoms with Crippen LogP contribution in [-0.4, -0.2) is 37.2 Å². The molecule has 0 unspecified atom stereocenters. The molecule has 11 aromatic carbocycles. The molecule has 15 heteroatoms. The number of ether oxygens (including phenoxy) is 11. The predicted octanol–water partition coefficient (Wildman–Crippen LogP) is 17.0. The molecule has 0 spiro atoms. The van der Waals surface area contributed by atoms with Crippen LogP contribution in [0.25, 0.3) is 11.1 Å². The number of benzene rings is 11. The molecule has 0 aliphatic carbocycles. The van der Waals surface area contributed by atoms with Gasteiger partial charge in [-0.05, 0) is 50.6 Å². The number of rotatable bonds is 30. The highest BCUT2D eigenvalue weighted by Gasteiger charge is 2.37. The maximum atomic E-state index is 15.4. The van der Waals surface area contributed by atoms with E-state index >= 15 is 9.59 Å². The number of esters is 2. The van der Waals surface area contributed by atoms with Crippen molar-refractivity contribution in [3.63, 3.8) is 0 Å². The third-order valence-electron chi connectivity index (χ3n) is 14.9. The number of carboxylic acids is 1. The zero-order valence-electron chi connectivity index (χ0n) is 51.6. The van der Waals surface area contributed by atoms with Crippen molar-refractivity contribution in [2.75, 3.05) is 14.2 Å². The van der Waals surface area contributed by atoms with E-state index in [1.54, 1.807) is 0 Å². The van der Waals surface area contributed by atoms with Crippen LogP contribution in [0, 0.1) is 0 Å². The van der Waals surface area contributed by atoms with E-state index in [1.165, 1.54) is 32.4 Å². The first-order valence-electron chi connectivity index (χ1n) is 30.3. The summed E-state index contributed by atoms with van der Waals surface area (Å²) in [6.07, 6.45) is 0. The second kappa shape index (κ2) is 31.7. The van der Waals surface area contributed by atoms with Crippen LogP contribution in [0.5, 0.6) is 57.5 Å². The van der Waals surface area contributed by atoms with Crippen LogP contribution >= 0.6 is 0 Å². The summed E-state index contributed by atoms with van der Waals surface area (Å²) in [5, 5.41) is 11.5. The molecule has 0 aliphatic rings. The summed E-state index contributed by atoms with van der Waals surface area (Å²) < 4.78 is 73.4. The number of hydrogen-bond acceptors (Lipinski definition) is 14. The maximum absolute atomic E-state index is 15.4. The molecule has 0 saturated carbocycles. The van der Waals surface area contributed by atoms with Crippen LogP contribution in [0.1, 0.15) is 75.6 Å². The number of carbonyl (C=O) groups is 3. The van der Waals surface area contributed by atoms with Gasteiger partial charge in [-0.25, -0.2) is 14.4 Å². The van der Waals surface area contributed by atoms with Gasteiger partial charge in [0.15, 0.2) is 34.5 Å². The second-order valence-electron chi connectivity index (χ2n) is 21.4. The van der Waals surface area contributed by atoms with Crippen molar-refractivity contribution in [2.24, 2.45) is 0 Å². The molecular formula is C79H66O15. The van der Waals surface area contributed by atoms with Crippen molar-refractivity contribution in [1.82, 2.24) is 0 Å². The first-order valence-corrected chi connectivity index (χ1v) is 30.3. The average Bonchev–Trinajstić information content (AvgIpc) is 0.739. The third-order valence-corrected chi connectivity index (χ3v) is 14.9. The summed E-state index contributed by atoms with van der Waals surface area (Å²) in [4.78, 5) is 44.6. The molecule has 0 bridgehead atoms. The molecule has 11 aromatic rings. The third kappa shape index (κ3) is 16.1. The van der Waals surface area contributed by atoms with Crippen LogP contribution < -0.4 is 42.6 Å². The predicted molar refractivity (Wildman–Crippen MR) is 354 cm³/mol. The molecule has 15 nitrogen and oxygen atoms in total.